The van der Waals surface area contributed by atoms with Gasteiger partial charge in [-0.1, -0.05) is 19.8 Å². The van der Waals surface area contributed by atoms with Gasteiger partial charge in [0, 0.05) is 12.1 Å². The monoisotopic (exact) mass is 330 g/mol. The second kappa shape index (κ2) is 6.49. The van der Waals surface area contributed by atoms with Gasteiger partial charge in [0.1, 0.15) is 17.7 Å². The molecular formula is C18H26N4O2. The van der Waals surface area contributed by atoms with E-state index in [9.17, 15) is 4.79 Å². The third kappa shape index (κ3) is 3.91. The van der Waals surface area contributed by atoms with Gasteiger partial charge in [-0.05, 0) is 39.5 Å². The average Bonchev–Trinajstić information content (AvgIpc) is 2.88. The number of carbonyl (C=O) groups excluding carboxylic acids is 1. The standard InChI is InChI=1S/C18H26N4O2/c1-12-5-7-13(8-6-12)14-9-19-15-10-20-22(17(15)21-14)11-16(23)24-18(2,3)4/h9-10,12-13H,5-8,11H2,1-4H3. The number of nitrogens with zero attached hydrogens (tertiary/aromatic N) is 4. The van der Waals surface area contributed by atoms with E-state index in [1.54, 1.807) is 10.9 Å². The number of fused-ring (bicyclic) bond motifs is 1. The van der Waals surface area contributed by atoms with Crippen molar-refractivity contribution in [3.05, 3.63) is 18.1 Å². The molecule has 0 aromatic carbocycles. The van der Waals surface area contributed by atoms with Gasteiger partial charge in [-0.2, -0.15) is 5.10 Å². The molecule has 0 radical (unpaired) electrons. The molecule has 0 bridgehead atoms. The molecule has 130 valence electrons. The van der Waals surface area contributed by atoms with Gasteiger partial charge in [-0.15, -0.1) is 0 Å². The molecule has 0 spiro atoms. The number of ether oxygens (including phenoxy) is 1. The fraction of sp³-hybridized carbons (Fsp3) is 0.667. The quantitative estimate of drug-likeness (QED) is 0.806. The average molecular weight is 330 g/mol. The van der Waals surface area contributed by atoms with Crippen molar-refractivity contribution >= 4 is 17.1 Å². The Morgan fingerprint density at radius 3 is 2.62 bits per heavy atom. The van der Waals surface area contributed by atoms with Crippen molar-refractivity contribution in [3.63, 3.8) is 0 Å². The molecule has 0 saturated heterocycles. The summed E-state index contributed by atoms with van der Waals surface area (Å²) in [5, 5.41) is 4.25. The molecule has 0 atom stereocenters. The highest BCUT2D eigenvalue weighted by Gasteiger charge is 2.23. The van der Waals surface area contributed by atoms with Crippen molar-refractivity contribution in [2.75, 3.05) is 0 Å². The van der Waals surface area contributed by atoms with Gasteiger partial charge >= 0.3 is 5.97 Å². The van der Waals surface area contributed by atoms with Crippen LogP contribution in [0.15, 0.2) is 12.4 Å². The molecule has 6 nitrogen and oxygen atoms in total. The van der Waals surface area contributed by atoms with Crippen LogP contribution in [0, 0.1) is 5.92 Å². The Labute approximate surface area is 142 Å². The SMILES string of the molecule is CC1CCC(c2cnc3cnn(CC(=O)OC(C)(C)C)c3n2)CC1. The zero-order valence-electron chi connectivity index (χ0n) is 15.0. The lowest BCUT2D eigenvalue weighted by molar-refractivity contribution is -0.155. The predicted molar refractivity (Wildman–Crippen MR) is 91.5 cm³/mol. The van der Waals surface area contributed by atoms with E-state index in [0.29, 0.717) is 17.1 Å². The molecule has 1 aliphatic carbocycles. The third-order valence-electron chi connectivity index (χ3n) is 4.50. The fourth-order valence-electron chi connectivity index (χ4n) is 3.23. The second-order valence-corrected chi connectivity index (χ2v) is 7.85. The Morgan fingerprint density at radius 2 is 1.96 bits per heavy atom. The largest absolute Gasteiger partial charge is 0.459 e. The third-order valence-corrected chi connectivity index (χ3v) is 4.50. The molecule has 2 heterocycles. The maximum atomic E-state index is 12.1. The lowest BCUT2D eigenvalue weighted by Gasteiger charge is -2.25. The van der Waals surface area contributed by atoms with Crippen LogP contribution in [0.3, 0.4) is 0 Å². The summed E-state index contributed by atoms with van der Waals surface area (Å²) in [6.45, 7) is 7.93. The van der Waals surface area contributed by atoms with E-state index in [-0.39, 0.29) is 12.5 Å². The Balaban J connectivity index is 1.80. The molecule has 24 heavy (non-hydrogen) atoms. The first-order chi connectivity index (χ1) is 11.3. The number of carbonyl (C=O) groups is 1. The van der Waals surface area contributed by atoms with Crippen LogP contribution in [0.25, 0.3) is 11.2 Å². The molecule has 6 heteroatoms. The number of esters is 1. The Bertz CT molecular complexity index is 724. The molecular weight excluding hydrogens is 304 g/mol. The van der Waals surface area contributed by atoms with Crippen molar-refractivity contribution in [1.82, 2.24) is 19.7 Å². The second-order valence-electron chi connectivity index (χ2n) is 7.85. The molecule has 0 unspecified atom stereocenters. The predicted octanol–water partition coefficient (Wildman–Crippen LogP) is 3.46. The van der Waals surface area contributed by atoms with E-state index in [1.807, 2.05) is 27.0 Å². The maximum absolute atomic E-state index is 12.1. The van der Waals surface area contributed by atoms with E-state index in [0.717, 1.165) is 24.5 Å². The molecule has 0 N–H and O–H groups in total. The van der Waals surface area contributed by atoms with Crippen LogP contribution in [-0.4, -0.2) is 31.3 Å². The smallest absolute Gasteiger partial charge is 0.328 e. The zero-order chi connectivity index (χ0) is 17.3. The number of rotatable bonds is 3. The lowest BCUT2D eigenvalue weighted by Crippen LogP contribution is -2.27. The van der Waals surface area contributed by atoms with Crippen LogP contribution < -0.4 is 0 Å². The summed E-state index contributed by atoms with van der Waals surface area (Å²) in [5.74, 6) is 0.949. The minimum Gasteiger partial charge on any atom is -0.459 e. The van der Waals surface area contributed by atoms with Crippen LogP contribution in [0.5, 0.6) is 0 Å². The Hall–Kier alpha value is -1.98. The molecule has 1 aliphatic rings. The van der Waals surface area contributed by atoms with E-state index >= 15 is 0 Å². The molecule has 3 rings (SSSR count). The van der Waals surface area contributed by atoms with Crippen LogP contribution in [0.1, 0.15) is 65.0 Å². The normalized spacial score (nSPS) is 21.8. The van der Waals surface area contributed by atoms with Gasteiger partial charge in [0.05, 0.1) is 11.9 Å². The summed E-state index contributed by atoms with van der Waals surface area (Å²) in [5.41, 5.74) is 1.89. The van der Waals surface area contributed by atoms with E-state index < -0.39 is 5.60 Å². The summed E-state index contributed by atoms with van der Waals surface area (Å²) in [6.07, 6.45) is 8.30. The van der Waals surface area contributed by atoms with Crippen molar-refractivity contribution in [3.8, 4) is 0 Å². The molecule has 1 fully saturated rings. The number of hydrogen-bond acceptors (Lipinski definition) is 5. The van der Waals surface area contributed by atoms with Gasteiger partial charge in [0.25, 0.3) is 0 Å². The van der Waals surface area contributed by atoms with Crippen molar-refractivity contribution in [2.24, 2.45) is 5.92 Å². The molecule has 2 aromatic rings. The Kier molecular flexibility index (Phi) is 4.56. The molecule has 1 saturated carbocycles. The molecule has 0 amide bonds. The van der Waals surface area contributed by atoms with Crippen LogP contribution in [0.2, 0.25) is 0 Å². The van der Waals surface area contributed by atoms with E-state index in [2.05, 4.69) is 17.0 Å². The van der Waals surface area contributed by atoms with Crippen molar-refractivity contribution in [1.29, 1.82) is 0 Å². The van der Waals surface area contributed by atoms with Crippen molar-refractivity contribution in [2.45, 2.75) is 71.4 Å². The highest BCUT2D eigenvalue weighted by molar-refractivity contribution is 5.74. The van der Waals surface area contributed by atoms with Gasteiger partial charge in [-0.3, -0.25) is 4.79 Å². The minimum atomic E-state index is -0.504. The highest BCUT2D eigenvalue weighted by Crippen LogP contribution is 2.34. The Morgan fingerprint density at radius 1 is 1.25 bits per heavy atom. The number of hydrogen-bond donors (Lipinski definition) is 0. The summed E-state index contributed by atoms with van der Waals surface area (Å²) >= 11 is 0. The van der Waals surface area contributed by atoms with Gasteiger partial charge < -0.3 is 4.74 Å². The summed E-state index contributed by atoms with van der Waals surface area (Å²) in [4.78, 5) is 21.3. The van der Waals surface area contributed by atoms with E-state index in [1.165, 1.54) is 12.8 Å². The van der Waals surface area contributed by atoms with Gasteiger partial charge in [0.15, 0.2) is 5.65 Å². The van der Waals surface area contributed by atoms with Gasteiger partial charge in [0.2, 0.25) is 0 Å². The topological polar surface area (TPSA) is 69.9 Å². The van der Waals surface area contributed by atoms with E-state index in [4.69, 9.17) is 9.72 Å². The number of aromatic nitrogens is 4. The first-order valence-corrected chi connectivity index (χ1v) is 8.72. The van der Waals surface area contributed by atoms with Crippen LogP contribution >= 0.6 is 0 Å². The summed E-state index contributed by atoms with van der Waals surface area (Å²) < 4.78 is 6.96. The fourth-order valence-corrected chi connectivity index (χ4v) is 3.23. The van der Waals surface area contributed by atoms with Crippen molar-refractivity contribution < 1.29 is 9.53 Å². The minimum absolute atomic E-state index is 0.0562. The lowest BCUT2D eigenvalue weighted by atomic mass is 9.81. The van der Waals surface area contributed by atoms with Crippen LogP contribution in [0.4, 0.5) is 0 Å². The first-order valence-electron chi connectivity index (χ1n) is 8.72. The van der Waals surface area contributed by atoms with Gasteiger partial charge in [-0.25, -0.2) is 14.6 Å². The summed E-state index contributed by atoms with van der Waals surface area (Å²) in [6, 6.07) is 0. The summed E-state index contributed by atoms with van der Waals surface area (Å²) in [7, 11) is 0. The zero-order valence-corrected chi connectivity index (χ0v) is 15.0. The highest BCUT2D eigenvalue weighted by atomic mass is 16.6. The molecule has 0 aliphatic heterocycles. The van der Waals surface area contributed by atoms with Crippen LogP contribution in [-0.2, 0) is 16.1 Å². The maximum Gasteiger partial charge on any atom is 0.328 e. The molecule has 2 aromatic heterocycles. The first kappa shape index (κ1) is 16.9.